The van der Waals surface area contributed by atoms with E-state index in [4.69, 9.17) is 9.52 Å². The fourth-order valence-electron chi connectivity index (χ4n) is 2.41. The summed E-state index contributed by atoms with van der Waals surface area (Å²) in [5.74, 6) is 0.321. The number of carboxylic acids is 1. The first kappa shape index (κ1) is 14.4. The molecule has 0 atom stereocenters. The van der Waals surface area contributed by atoms with Gasteiger partial charge >= 0.3 is 5.97 Å². The highest BCUT2D eigenvalue weighted by Crippen LogP contribution is 2.22. The Bertz CT molecular complexity index is 470. The molecule has 0 aliphatic carbocycles. The molecular formula is C15H19NO4. The molecule has 0 spiro atoms. The summed E-state index contributed by atoms with van der Waals surface area (Å²) in [7, 11) is 0. The summed E-state index contributed by atoms with van der Waals surface area (Å²) < 4.78 is 5.13. The average Bonchev–Trinajstić information content (AvgIpc) is 2.96. The number of likely N-dealkylation sites (tertiary alicyclic amines) is 1. The molecule has 1 amide bonds. The van der Waals surface area contributed by atoms with Crippen LogP contribution in [0.4, 0.5) is 0 Å². The fourth-order valence-corrected chi connectivity index (χ4v) is 2.41. The quantitative estimate of drug-likeness (QED) is 0.839. The molecule has 1 aliphatic rings. The minimum absolute atomic E-state index is 0.0157. The lowest BCUT2D eigenvalue weighted by Gasteiger charge is -2.31. The Kier molecular flexibility index (Phi) is 4.98. The first-order valence-electron chi connectivity index (χ1n) is 6.87. The second-order valence-electron chi connectivity index (χ2n) is 5.05. The molecule has 0 saturated carbocycles. The summed E-state index contributed by atoms with van der Waals surface area (Å²) in [5.41, 5.74) is 0. The zero-order valence-corrected chi connectivity index (χ0v) is 11.3. The number of carbonyl (C=O) groups excluding carboxylic acids is 1. The molecule has 1 aromatic heterocycles. The molecule has 1 saturated heterocycles. The monoisotopic (exact) mass is 277 g/mol. The normalized spacial score (nSPS) is 16.7. The third-order valence-electron chi connectivity index (χ3n) is 3.63. The van der Waals surface area contributed by atoms with E-state index >= 15 is 0 Å². The van der Waals surface area contributed by atoms with E-state index in [1.165, 1.54) is 6.08 Å². The van der Waals surface area contributed by atoms with Crippen LogP contribution in [0.2, 0.25) is 0 Å². The van der Waals surface area contributed by atoms with Gasteiger partial charge in [-0.05, 0) is 43.4 Å². The molecule has 1 aliphatic heterocycles. The van der Waals surface area contributed by atoms with Gasteiger partial charge in [0.15, 0.2) is 0 Å². The topological polar surface area (TPSA) is 70.8 Å². The summed E-state index contributed by atoms with van der Waals surface area (Å²) in [6.45, 7) is 1.40. The molecule has 1 fully saturated rings. The number of hydrogen-bond donors (Lipinski definition) is 1. The lowest BCUT2D eigenvalue weighted by atomic mass is 9.92. The maximum Gasteiger partial charge on any atom is 0.303 e. The van der Waals surface area contributed by atoms with Crippen molar-refractivity contribution in [3.05, 3.63) is 30.2 Å². The van der Waals surface area contributed by atoms with E-state index in [0.29, 0.717) is 31.2 Å². The molecule has 5 heteroatoms. The molecular weight excluding hydrogens is 258 g/mol. The largest absolute Gasteiger partial charge is 0.481 e. The van der Waals surface area contributed by atoms with Gasteiger partial charge in [0.2, 0.25) is 5.91 Å². The zero-order chi connectivity index (χ0) is 14.4. The van der Waals surface area contributed by atoms with Crippen molar-refractivity contribution in [1.82, 2.24) is 4.90 Å². The van der Waals surface area contributed by atoms with Crippen molar-refractivity contribution in [2.45, 2.75) is 25.7 Å². The predicted octanol–water partition coefficient (Wildman–Crippen LogP) is 2.40. The van der Waals surface area contributed by atoms with Crippen molar-refractivity contribution in [2.75, 3.05) is 13.1 Å². The van der Waals surface area contributed by atoms with Crippen LogP contribution < -0.4 is 0 Å². The second-order valence-corrected chi connectivity index (χ2v) is 5.05. The molecule has 0 bridgehead atoms. The van der Waals surface area contributed by atoms with Crippen molar-refractivity contribution in [3.8, 4) is 0 Å². The van der Waals surface area contributed by atoms with Crippen LogP contribution in [0.1, 0.15) is 31.4 Å². The van der Waals surface area contributed by atoms with E-state index in [-0.39, 0.29) is 12.3 Å². The molecule has 0 aromatic carbocycles. The minimum atomic E-state index is -0.745. The summed E-state index contributed by atoms with van der Waals surface area (Å²) in [6.07, 6.45) is 7.45. The van der Waals surface area contributed by atoms with Crippen LogP contribution in [-0.2, 0) is 9.59 Å². The van der Waals surface area contributed by atoms with Crippen LogP contribution in [0.5, 0.6) is 0 Å². The number of furan rings is 1. The number of piperidine rings is 1. The number of nitrogens with zero attached hydrogens (tertiary/aromatic N) is 1. The van der Waals surface area contributed by atoms with Crippen LogP contribution in [0.25, 0.3) is 6.08 Å². The number of rotatable bonds is 5. The highest BCUT2D eigenvalue weighted by Gasteiger charge is 2.21. The number of amides is 1. The smallest absolute Gasteiger partial charge is 0.303 e. The van der Waals surface area contributed by atoms with Crippen LogP contribution in [0.3, 0.4) is 0 Å². The Hall–Kier alpha value is -2.04. The number of carbonyl (C=O) groups is 2. The van der Waals surface area contributed by atoms with Gasteiger partial charge in [-0.15, -0.1) is 0 Å². The Balaban J connectivity index is 1.75. The van der Waals surface area contributed by atoms with E-state index in [2.05, 4.69) is 0 Å². The van der Waals surface area contributed by atoms with Gasteiger partial charge in [-0.3, -0.25) is 9.59 Å². The fraction of sp³-hybridized carbons (Fsp3) is 0.467. The van der Waals surface area contributed by atoms with Crippen LogP contribution in [0.15, 0.2) is 28.9 Å². The molecule has 2 heterocycles. The van der Waals surface area contributed by atoms with Gasteiger partial charge in [-0.25, -0.2) is 0 Å². The summed E-state index contributed by atoms with van der Waals surface area (Å²) in [4.78, 5) is 24.3. The molecule has 20 heavy (non-hydrogen) atoms. The van der Waals surface area contributed by atoms with Crippen LogP contribution in [0, 0.1) is 5.92 Å². The van der Waals surface area contributed by atoms with E-state index in [0.717, 1.165) is 12.8 Å². The maximum absolute atomic E-state index is 12.0. The number of hydrogen-bond acceptors (Lipinski definition) is 3. The zero-order valence-electron chi connectivity index (χ0n) is 11.3. The SMILES string of the molecule is O=C(O)CCC1CCN(C(=O)C=Cc2ccco2)CC1. The minimum Gasteiger partial charge on any atom is -0.481 e. The Morgan fingerprint density at radius 2 is 2.15 bits per heavy atom. The average molecular weight is 277 g/mol. The highest BCUT2D eigenvalue weighted by atomic mass is 16.4. The lowest BCUT2D eigenvalue weighted by Crippen LogP contribution is -2.37. The van der Waals surface area contributed by atoms with Gasteiger partial charge in [-0.2, -0.15) is 0 Å². The van der Waals surface area contributed by atoms with Crippen molar-refractivity contribution in [2.24, 2.45) is 5.92 Å². The van der Waals surface area contributed by atoms with E-state index in [9.17, 15) is 9.59 Å². The molecule has 1 aromatic rings. The molecule has 0 unspecified atom stereocenters. The summed E-state index contributed by atoms with van der Waals surface area (Å²) >= 11 is 0. The predicted molar refractivity (Wildman–Crippen MR) is 73.9 cm³/mol. The number of aliphatic carboxylic acids is 1. The summed E-state index contributed by atoms with van der Waals surface area (Å²) in [6, 6.07) is 3.57. The highest BCUT2D eigenvalue weighted by molar-refractivity contribution is 5.91. The third-order valence-corrected chi connectivity index (χ3v) is 3.63. The third kappa shape index (κ3) is 4.26. The summed E-state index contributed by atoms with van der Waals surface area (Å²) in [5, 5.41) is 8.66. The van der Waals surface area contributed by atoms with Crippen LogP contribution in [-0.4, -0.2) is 35.0 Å². The number of carboxylic acid groups (broad SMARTS) is 1. The van der Waals surface area contributed by atoms with E-state index in [1.807, 2.05) is 0 Å². The van der Waals surface area contributed by atoms with Gasteiger partial charge in [0.25, 0.3) is 0 Å². The van der Waals surface area contributed by atoms with Gasteiger partial charge < -0.3 is 14.4 Å². The Labute approximate surface area is 117 Å². The van der Waals surface area contributed by atoms with Gasteiger partial charge in [-0.1, -0.05) is 0 Å². The maximum atomic E-state index is 12.0. The van der Waals surface area contributed by atoms with Crippen LogP contribution >= 0.6 is 0 Å². The lowest BCUT2D eigenvalue weighted by molar-refractivity contribution is -0.137. The molecule has 2 rings (SSSR count). The van der Waals surface area contributed by atoms with Crippen molar-refractivity contribution in [3.63, 3.8) is 0 Å². The standard InChI is InChI=1S/C15H19NO4/c17-14(5-4-13-2-1-11-20-13)16-9-7-12(8-10-16)3-6-15(18)19/h1-2,4-5,11-12H,3,6-10H2,(H,18,19). The Morgan fingerprint density at radius 3 is 2.75 bits per heavy atom. The molecule has 0 radical (unpaired) electrons. The van der Waals surface area contributed by atoms with E-state index < -0.39 is 5.97 Å². The van der Waals surface area contributed by atoms with Gasteiger partial charge in [0.05, 0.1) is 6.26 Å². The van der Waals surface area contributed by atoms with Crippen molar-refractivity contribution in [1.29, 1.82) is 0 Å². The first-order chi connectivity index (χ1) is 9.65. The van der Waals surface area contributed by atoms with Crippen molar-refractivity contribution < 1.29 is 19.1 Å². The van der Waals surface area contributed by atoms with E-state index in [1.54, 1.807) is 29.4 Å². The Morgan fingerprint density at radius 1 is 1.40 bits per heavy atom. The van der Waals surface area contributed by atoms with Gasteiger partial charge in [0.1, 0.15) is 5.76 Å². The molecule has 1 N–H and O–H groups in total. The van der Waals surface area contributed by atoms with Crippen molar-refractivity contribution >= 4 is 18.0 Å². The molecule has 108 valence electrons. The van der Waals surface area contributed by atoms with Gasteiger partial charge in [0, 0.05) is 25.6 Å². The first-order valence-corrected chi connectivity index (χ1v) is 6.87. The second kappa shape index (κ2) is 6.93. The molecule has 5 nitrogen and oxygen atoms in total.